The monoisotopic (exact) mass is 448 g/mol. The number of nitrogens with one attached hydrogen (secondary N) is 1. The summed E-state index contributed by atoms with van der Waals surface area (Å²) in [6, 6.07) is 8.73. The van der Waals surface area contributed by atoms with Crippen LogP contribution in [0.3, 0.4) is 0 Å². The molecule has 1 aromatic heterocycles. The maximum absolute atomic E-state index is 14.7. The van der Waals surface area contributed by atoms with Crippen molar-refractivity contribution in [2.75, 3.05) is 36.4 Å². The second-order valence-electron chi connectivity index (χ2n) is 7.35. The first-order valence-corrected chi connectivity index (χ1v) is 9.87. The number of carbonyl (C=O) groups is 1. The zero-order valence-electron chi connectivity index (χ0n) is 17.1. The van der Waals surface area contributed by atoms with Gasteiger partial charge in [-0.05, 0) is 37.3 Å². The van der Waals surface area contributed by atoms with E-state index in [-0.39, 0.29) is 5.69 Å². The first-order valence-electron chi connectivity index (χ1n) is 9.87. The molecule has 1 aliphatic heterocycles. The van der Waals surface area contributed by atoms with E-state index in [4.69, 9.17) is 0 Å². The molecule has 1 saturated heterocycles. The Morgan fingerprint density at radius 3 is 2.44 bits per heavy atom. The Balaban J connectivity index is 1.37. The lowest BCUT2D eigenvalue weighted by atomic mass is 10.2. The highest BCUT2D eigenvalue weighted by Gasteiger charge is 2.31. The van der Waals surface area contributed by atoms with Crippen LogP contribution in [-0.2, 0) is 6.18 Å². The van der Waals surface area contributed by atoms with Crippen LogP contribution >= 0.6 is 0 Å². The first kappa shape index (κ1) is 21.6. The predicted octanol–water partition coefficient (Wildman–Crippen LogP) is 4.09. The number of urea groups is 1. The Morgan fingerprint density at radius 2 is 1.81 bits per heavy atom. The van der Waals surface area contributed by atoms with Crippen molar-refractivity contribution in [3.63, 3.8) is 0 Å². The van der Waals surface area contributed by atoms with Crippen LogP contribution < -0.4 is 10.2 Å². The lowest BCUT2D eigenvalue weighted by Gasteiger charge is -2.36. The van der Waals surface area contributed by atoms with Crippen LogP contribution in [0.5, 0.6) is 0 Å². The molecule has 0 spiro atoms. The number of hydrogen-bond donors (Lipinski definition) is 1. The number of halogens is 4. The number of alkyl halides is 3. The van der Waals surface area contributed by atoms with Crippen LogP contribution in [0.15, 0.2) is 48.8 Å². The summed E-state index contributed by atoms with van der Waals surface area (Å²) in [6.45, 7) is 3.11. The van der Waals surface area contributed by atoms with Gasteiger partial charge in [-0.2, -0.15) is 18.3 Å². The maximum atomic E-state index is 14.7. The minimum atomic E-state index is -4.49. The molecule has 32 heavy (non-hydrogen) atoms. The highest BCUT2D eigenvalue weighted by atomic mass is 19.4. The SMILES string of the molecule is Cc1ncn(-c2ccc(N3CCN(C(=O)Nc4cccc(C(F)(F)F)c4)CC3)c(F)c2)n1. The molecule has 168 valence electrons. The van der Waals surface area contributed by atoms with E-state index in [1.165, 1.54) is 34.1 Å². The molecular weight excluding hydrogens is 428 g/mol. The molecule has 0 radical (unpaired) electrons. The van der Waals surface area contributed by atoms with Crippen LogP contribution in [0.1, 0.15) is 11.4 Å². The second kappa shape index (κ2) is 8.48. The summed E-state index contributed by atoms with van der Waals surface area (Å²) in [4.78, 5) is 19.8. The second-order valence-corrected chi connectivity index (χ2v) is 7.35. The van der Waals surface area contributed by atoms with Crippen molar-refractivity contribution in [1.29, 1.82) is 0 Å². The maximum Gasteiger partial charge on any atom is 0.416 e. The molecule has 2 amide bonds. The van der Waals surface area contributed by atoms with Gasteiger partial charge in [-0.1, -0.05) is 6.07 Å². The van der Waals surface area contributed by atoms with Gasteiger partial charge in [0.2, 0.25) is 0 Å². The minimum absolute atomic E-state index is 0.0669. The van der Waals surface area contributed by atoms with Crippen molar-refractivity contribution in [3.05, 3.63) is 66.0 Å². The molecule has 0 aliphatic carbocycles. The van der Waals surface area contributed by atoms with E-state index in [1.54, 1.807) is 19.1 Å². The topological polar surface area (TPSA) is 66.3 Å². The van der Waals surface area contributed by atoms with Gasteiger partial charge in [0.15, 0.2) is 0 Å². The standard InChI is InChI=1S/C21H20F4N6O/c1-14-26-13-31(28-14)17-5-6-19(18(22)12-17)29-7-9-30(10-8-29)20(32)27-16-4-2-3-15(11-16)21(23,24)25/h2-6,11-13H,7-10H2,1H3,(H,27,32). The van der Waals surface area contributed by atoms with Crippen molar-refractivity contribution >= 4 is 17.4 Å². The molecule has 1 aliphatic rings. The molecular formula is C21H20F4N6O. The molecule has 11 heteroatoms. The molecule has 1 fully saturated rings. The normalized spacial score (nSPS) is 14.5. The van der Waals surface area contributed by atoms with Crippen molar-refractivity contribution in [2.45, 2.75) is 13.1 Å². The number of benzene rings is 2. The quantitative estimate of drug-likeness (QED) is 0.613. The van der Waals surface area contributed by atoms with Gasteiger partial charge < -0.3 is 15.1 Å². The van der Waals surface area contributed by atoms with E-state index in [9.17, 15) is 22.4 Å². The molecule has 2 aromatic carbocycles. The van der Waals surface area contributed by atoms with Crippen LogP contribution in [0.25, 0.3) is 5.69 Å². The highest BCUT2D eigenvalue weighted by molar-refractivity contribution is 5.89. The van der Waals surface area contributed by atoms with Crippen molar-refractivity contribution < 1.29 is 22.4 Å². The average molecular weight is 448 g/mol. The van der Waals surface area contributed by atoms with E-state index in [1.807, 2.05) is 4.90 Å². The van der Waals surface area contributed by atoms with Gasteiger partial charge >= 0.3 is 12.2 Å². The van der Waals surface area contributed by atoms with Gasteiger partial charge in [0.25, 0.3) is 0 Å². The van der Waals surface area contributed by atoms with Gasteiger partial charge in [0.1, 0.15) is 18.0 Å². The average Bonchev–Trinajstić information content (AvgIpc) is 3.20. The van der Waals surface area contributed by atoms with Gasteiger partial charge in [0, 0.05) is 37.9 Å². The number of nitrogens with zero attached hydrogens (tertiary/aromatic N) is 5. The third kappa shape index (κ3) is 4.66. The predicted molar refractivity (Wildman–Crippen MR) is 110 cm³/mol. The van der Waals surface area contributed by atoms with E-state index in [2.05, 4.69) is 15.4 Å². The minimum Gasteiger partial charge on any atom is -0.366 e. The molecule has 0 saturated carbocycles. The largest absolute Gasteiger partial charge is 0.416 e. The number of carbonyl (C=O) groups excluding carboxylic acids is 1. The number of anilines is 2. The number of amides is 2. The number of rotatable bonds is 3. The number of hydrogen-bond acceptors (Lipinski definition) is 4. The Labute approximate surface area is 181 Å². The van der Waals surface area contributed by atoms with E-state index in [0.717, 1.165) is 12.1 Å². The van der Waals surface area contributed by atoms with E-state index in [0.29, 0.717) is 43.4 Å². The molecule has 0 atom stereocenters. The van der Waals surface area contributed by atoms with Crippen molar-refractivity contribution in [2.24, 2.45) is 0 Å². The lowest BCUT2D eigenvalue weighted by molar-refractivity contribution is -0.137. The third-order valence-corrected chi connectivity index (χ3v) is 5.15. The summed E-state index contributed by atoms with van der Waals surface area (Å²) in [5.41, 5.74) is 0.187. The molecule has 0 unspecified atom stereocenters. The molecule has 7 nitrogen and oxygen atoms in total. The van der Waals surface area contributed by atoms with Crippen LogP contribution in [-0.4, -0.2) is 51.9 Å². The van der Waals surface area contributed by atoms with Gasteiger partial charge in [0.05, 0.1) is 16.9 Å². The molecule has 0 bridgehead atoms. The smallest absolute Gasteiger partial charge is 0.366 e. The lowest BCUT2D eigenvalue weighted by Crippen LogP contribution is -2.50. The van der Waals surface area contributed by atoms with Crippen molar-refractivity contribution in [3.8, 4) is 5.69 Å². The Morgan fingerprint density at radius 1 is 1.06 bits per heavy atom. The first-order chi connectivity index (χ1) is 15.2. The van der Waals surface area contributed by atoms with E-state index < -0.39 is 23.6 Å². The summed E-state index contributed by atoms with van der Waals surface area (Å²) < 4.78 is 54.8. The summed E-state index contributed by atoms with van der Waals surface area (Å²) in [5.74, 6) is 0.159. The fourth-order valence-corrected chi connectivity index (χ4v) is 3.49. The zero-order valence-corrected chi connectivity index (χ0v) is 17.1. The molecule has 2 heterocycles. The summed E-state index contributed by atoms with van der Waals surface area (Å²) in [7, 11) is 0. The summed E-state index contributed by atoms with van der Waals surface area (Å²) in [6.07, 6.45) is -2.98. The number of aromatic nitrogens is 3. The Kier molecular flexibility index (Phi) is 5.72. The van der Waals surface area contributed by atoms with Crippen LogP contribution in [0.2, 0.25) is 0 Å². The van der Waals surface area contributed by atoms with Gasteiger partial charge in [-0.3, -0.25) is 0 Å². The molecule has 3 aromatic rings. The fraction of sp³-hybridized carbons (Fsp3) is 0.286. The zero-order chi connectivity index (χ0) is 22.9. The van der Waals surface area contributed by atoms with E-state index >= 15 is 0 Å². The van der Waals surface area contributed by atoms with Crippen molar-refractivity contribution in [1.82, 2.24) is 19.7 Å². The highest BCUT2D eigenvalue weighted by Crippen LogP contribution is 2.31. The third-order valence-electron chi connectivity index (χ3n) is 5.15. The summed E-state index contributed by atoms with van der Waals surface area (Å²) in [5, 5.41) is 6.66. The molecule has 4 rings (SSSR count). The Hall–Kier alpha value is -3.63. The number of piperazine rings is 1. The van der Waals surface area contributed by atoms with Gasteiger partial charge in [-0.25, -0.2) is 18.9 Å². The van der Waals surface area contributed by atoms with Gasteiger partial charge in [-0.15, -0.1) is 0 Å². The van der Waals surface area contributed by atoms with Crippen LogP contribution in [0, 0.1) is 12.7 Å². The number of aryl methyl sites for hydroxylation is 1. The summed E-state index contributed by atoms with van der Waals surface area (Å²) >= 11 is 0. The fourth-order valence-electron chi connectivity index (χ4n) is 3.49. The Bertz CT molecular complexity index is 1120. The van der Waals surface area contributed by atoms with Crippen LogP contribution in [0.4, 0.5) is 33.7 Å². The molecule has 1 N–H and O–H groups in total.